The van der Waals surface area contributed by atoms with Gasteiger partial charge in [-0.15, -0.1) is 0 Å². The van der Waals surface area contributed by atoms with E-state index in [-0.39, 0.29) is 0 Å². The van der Waals surface area contributed by atoms with Crippen LogP contribution >= 0.6 is 0 Å². The van der Waals surface area contributed by atoms with E-state index in [1.165, 1.54) is 6.42 Å². The van der Waals surface area contributed by atoms with Gasteiger partial charge in [-0.3, -0.25) is 14.5 Å². The van der Waals surface area contributed by atoms with Crippen molar-refractivity contribution < 1.29 is 14.3 Å². The van der Waals surface area contributed by atoms with Gasteiger partial charge < -0.3 is 15.4 Å². The van der Waals surface area contributed by atoms with Crippen molar-refractivity contribution in [3.05, 3.63) is 0 Å². The maximum Gasteiger partial charge on any atom is 0.309 e. The summed E-state index contributed by atoms with van der Waals surface area (Å²) in [4.78, 5) is 25.7. The molecule has 0 unspecified atom stereocenters. The van der Waals surface area contributed by atoms with Crippen molar-refractivity contribution in [2.45, 2.75) is 39.5 Å². The summed E-state index contributed by atoms with van der Waals surface area (Å²) in [7, 11) is 0. The first-order valence-electron chi connectivity index (χ1n) is 8.53. The van der Waals surface area contributed by atoms with E-state index in [1.54, 1.807) is 0 Å². The van der Waals surface area contributed by atoms with Gasteiger partial charge in [0.25, 0.3) is 0 Å². The standard InChI is InChI=1S/C16H31N3O3/c1-3-5-6-14(4-2)13-18-16(21)15(20)17-7-8-19-9-11-22-12-10-19/h14H,3-13H2,1-2H3,(H,17,20)(H,18,21)/t14-/m1/s1. The number of ether oxygens (including phenoxy) is 1. The third kappa shape index (κ3) is 7.75. The molecule has 6 heteroatoms. The Kier molecular flexibility index (Phi) is 9.82. The lowest BCUT2D eigenvalue weighted by molar-refractivity contribution is -0.139. The van der Waals surface area contributed by atoms with Gasteiger partial charge in [0.05, 0.1) is 13.2 Å². The zero-order valence-electron chi connectivity index (χ0n) is 14.0. The van der Waals surface area contributed by atoms with Crippen LogP contribution in [0.3, 0.4) is 0 Å². The van der Waals surface area contributed by atoms with Crippen LogP contribution in [-0.4, -0.2) is 62.7 Å². The van der Waals surface area contributed by atoms with Crippen LogP contribution in [0.2, 0.25) is 0 Å². The second-order valence-corrected chi connectivity index (χ2v) is 5.84. The lowest BCUT2D eigenvalue weighted by Gasteiger charge is -2.26. The fraction of sp³-hybridized carbons (Fsp3) is 0.875. The first-order chi connectivity index (χ1) is 10.7. The molecule has 0 saturated carbocycles. The number of nitrogens with zero attached hydrogens (tertiary/aromatic N) is 1. The molecule has 1 atom stereocenters. The summed E-state index contributed by atoms with van der Waals surface area (Å²) in [6, 6.07) is 0. The van der Waals surface area contributed by atoms with Crippen molar-refractivity contribution in [2.75, 3.05) is 45.9 Å². The van der Waals surface area contributed by atoms with Crippen LogP contribution in [0.25, 0.3) is 0 Å². The molecule has 1 saturated heterocycles. The number of morpholine rings is 1. The van der Waals surface area contributed by atoms with E-state index in [0.29, 0.717) is 19.0 Å². The number of carbonyl (C=O) groups excluding carboxylic acids is 2. The van der Waals surface area contributed by atoms with Crippen molar-refractivity contribution in [1.82, 2.24) is 15.5 Å². The Morgan fingerprint density at radius 2 is 1.82 bits per heavy atom. The number of nitrogens with one attached hydrogen (secondary N) is 2. The predicted octanol–water partition coefficient (Wildman–Crippen LogP) is 0.767. The molecule has 6 nitrogen and oxygen atoms in total. The first-order valence-corrected chi connectivity index (χ1v) is 8.53. The molecule has 0 spiro atoms. The minimum absolute atomic E-state index is 0.463. The summed E-state index contributed by atoms with van der Waals surface area (Å²) < 4.78 is 5.27. The molecule has 1 aliphatic heterocycles. The molecule has 0 aliphatic carbocycles. The summed E-state index contributed by atoms with van der Waals surface area (Å²) in [5.74, 6) is -0.583. The first kappa shape index (κ1) is 18.9. The molecule has 1 aliphatic rings. The summed E-state index contributed by atoms with van der Waals surface area (Å²) in [6.07, 6.45) is 4.46. The van der Waals surface area contributed by atoms with Crippen LogP contribution < -0.4 is 10.6 Å². The molecule has 0 aromatic rings. The number of amides is 2. The van der Waals surface area contributed by atoms with E-state index in [0.717, 1.165) is 52.1 Å². The van der Waals surface area contributed by atoms with Crippen LogP contribution in [0.15, 0.2) is 0 Å². The van der Waals surface area contributed by atoms with Crippen molar-refractivity contribution >= 4 is 11.8 Å². The van der Waals surface area contributed by atoms with E-state index < -0.39 is 11.8 Å². The topological polar surface area (TPSA) is 70.7 Å². The molecule has 1 fully saturated rings. The van der Waals surface area contributed by atoms with Gasteiger partial charge in [-0.2, -0.15) is 0 Å². The summed E-state index contributed by atoms with van der Waals surface area (Å²) in [6.45, 7) is 9.38. The molecule has 2 N–H and O–H groups in total. The van der Waals surface area contributed by atoms with Crippen molar-refractivity contribution in [2.24, 2.45) is 5.92 Å². The highest BCUT2D eigenvalue weighted by Gasteiger charge is 2.16. The lowest BCUT2D eigenvalue weighted by Crippen LogP contribution is -2.45. The predicted molar refractivity (Wildman–Crippen MR) is 86.6 cm³/mol. The molecule has 128 valence electrons. The Morgan fingerprint density at radius 3 is 2.45 bits per heavy atom. The van der Waals surface area contributed by atoms with Gasteiger partial charge >= 0.3 is 11.8 Å². The maximum absolute atomic E-state index is 11.8. The minimum Gasteiger partial charge on any atom is -0.379 e. The molecule has 0 aromatic heterocycles. The van der Waals surface area contributed by atoms with Gasteiger partial charge in [0, 0.05) is 32.7 Å². The highest BCUT2D eigenvalue weighted by molar-refractivity contribution is 6.35. The second kappa shape index (κ2) is 11.4. The van der Waals surface area contributed by atoms with Crippen LogP contribution in [0.5, 0.6) is 0 Å². The van der Waals surface area contributed by atoms with E-state index >= 15 is 0 Å². The zero-order valence-corrected chi connectivity index (χ0v) is 14.0. The third-order valence-electron chi connectivity index (χ3n) is 4.12. The van der Waals surface area contributed by atoms with Gasteiger partial charge in [-0.1, -0.05) is 33.1 Å². The molecule has 0 bridgehead atoms. The van der Waals surface area contributed by atoms with E-state index in [2.05, 4.69) is 29.4 Å². The Labute approximate surface area is 134 Å². The van der Waals surface area contributed by atoms with Crippen LogP contribution in [0, 0.1) is 5.92 Å². The van der Waals surface area contributed by atoms with Crippen molar-refractivity contribution in [1.29, 1.82) is 0 Å². The number of hydrogen-bond acceptors (Lipinski definition) is 4. The molecule has 2 amide bonds. The van der Waals surface area contributed by atoms with Gasteiger partial charge in [0.2, 0.25) is 0 Å². The quantitative estimate of drug-likeness (QED) is 0.617. The third-order valence-corrected chi connectivity index (χ3v) is 4.12. The van der Waals surface area contributed by atoms with Crippen LogP contribution in [-0.2, 0) is 14.3 Å². The fourth-order valence-corrected chi connectivity index (χ4v) is 2.49. The Morgan fingerprint density at radius 1 is 1.14 bits per heavy atom. The summed E-state index contributed by atoms with van der Waals surface area (Å²) in [5.41, 5.74) is 0. The molecular weight excluding hydrogens is 282 g/mol. The Balaban J connectivity index is 2.13. The van der Waals surface area contributed by atoms with Gasteiger partial charge in [0.15, 0.2) is 0 Å². The number of unbranched alkanes of at least 4 members (excludes halogenated alkanes) is 1. The zero-order chi connectivity index (χ0) is 16.2. The molecule has 1 heterocycles. The Hall–Kier alpha value is -1.14. The molecule has 0 aromatic carbocycles. The van der Waals surface area contributed by atoms with Gasteiger partial charge in [-0.25, -0.2) is 0 Å². The number of rotatable bonds is 9. The SMILES string of the molecule is CCCC[C@@H](CC)CNC(=O)C(=O)NCCN1CCOCC1. The summed E-state index contributed by atoms with van der Waals surface area (Å²) in [5, 5.41) is 5.43. The van der Waals surface area contributed by atoms with Crippen molar-refractivity contribution in [3.63, 3.8) is 0 Å². The van der Waals surface area contributed by atoms with Crippen LogP contribution in [0.4, 0.5) is 0 Å². The van der Waals surface area contributed by atoms with Crippen molar-refractivity contribution in [3.8, 4) is 0 Å². The molecule has 0 radical (unpaired) electrons. The Bertz CT molecular complexity index is 331. The maximum atomic E-state index is 11.8. The monoisotopic (exact) mass is 313 g/mol. The number of carbonyl (C=O) groups is 2. The minimum atomic E-state index is -0.529. The van der Waals surface area contributed by atoms with E-state index in [1.807, 2.05) is 0 Å². The second-order valence-electron chi connectivity index (χ2n) is 5.84. The average Bonchev–Trinajstić information content (AvgIpc) is 2.55. The summed E-state index contributed by atoms with van der Waals surface area (Å²) >= 11 is 0. The average molecular weight is 313 g/mol. The highest BCUT2D eigenvalue weighted by atomic mass is 16.5. The highest BCUT2D eigenvalue weighted by Crippen LogP contribution is 2.10. The van der Waals surface area contributed by atoms with Gasteiger partial charge in [-0.05, 0) is 12.3 Å². The smallest absolute Gasteiger partial charge is 0.309 e. The fourth-order valence-electron chi connectivity index (χ4n) is 2.49. The molecule has 22 heavy (non-hydrogen) atoms. The van der Waals surface area contributed by atoms with E-state index in [9.17, 15) is 9.59 Å². The molecular formula is C16H31N3O3. The molecule has 1 rings (SSSR count). The largest absolute Gasteiger partial charge is 0.379 e. The lowest BCUT2D eigenvalue weighted by atomic mass is 9.99. The van der Waals surface area contributed by atoms with E-state index in [4.69, 9.17) is 4.74 Å². The van der Waals surface area contributed by atoms with Crippen LogP contribution in [0.1, 0.15) is 39.5 Å². The number of hydrogen-bond donors (Lipinski definition) is 2. The van der Waals surface area contributed by atoms with Gasteiger partial charge in [0.1, 0.15) is 0 Å². The normalized spacial score (nSPS) is 17.0.